The van der Waals surface area contributed by atoms with Gasteiger partial charge in [0.25, 0.3) is 5.91 Å². The number of carbonyl (C=O) groups is 2. The molecule has 2 rings (SSSR count). The van der Waals surface area contributed by atoms with Crippen LogP contribution in [0.5, 0.6) is 0 Å². The minimum absolute atomic E-state index is 0.103. The number of hydrogen-bond donors (Lipinski definition) is 2. The van der Waals surface area contributed by atoms with E-state index in [-0.39, 0.29) is 16.9 Å². The van der Waals surface area contributed by atoms with E-state index >= 15 is 0 Å². The number of benzene rings is 2. The largest absolute Gasteiger partial charge is 0.449 e. The zero-order valence-corrected chi connectivity index (χ0v) is 14.8. The predicted molar refractivity (Wildman–Crippen MR) is 94.7 cm³/mol. The number of carbonyl (C=O) groups excluding carboxylic acids is 2. The molecular formula is C19H19F3N2O3. The van der Waals surface area contributed by atoms with Gasteiger partial charge < -0.3 is 15.4 Å². The van der Waals surface area contributed by atoms with Crippen LogP contribution < -0.4 is 10.6 Å². The molecule has 0 saturated carbocycles. The molecule has 0 heterocycles. The number of alkyl halides is 3. The average molecular weight is 380 g/mol. The number of nitrogens with one attached hydrogen (secondary N) is 2. The molecule has 0 saturated heterocycles. The topological polar surface area (TPSA) is 67.4 Å². The number of ether oxygens (including phenoxy) is 1. The lowest BCUT2D eigenvalue weighted by molar-refractivity contribution is -0.137. The quantitative estimate of drug-likeness (QED) is 0.740. The normalized spacial score (nSPS) is 12.2. The first kappa shape index (κ1) is 20.3. The van der Waals surface area contributed by atoms with Gasteiger partial charge in [-0.1, -0.05) is 18.2 Å². The van der Waals surface area contributed by atoms with E-state index in [1.54, 1.807) is 19.1 Å². The van der Waals surface area contributed by atoms with E-state index in [0.717, 1.165) is 12.1 Å². The number of para-hydroxylation sites is 1. The standard InChI is InChI=1S/C19H19F3N2O3/c1-3-23-17(25)12(2)27-18(26)15-9-4-5-10-16(15)24-14-8-6-7-13(11-14)19(20,21)22/h4-12,24H,3H2,1-2H3,(H,23,25). The number of rotatable bonds is 6. The van der Waals surface area contributed by atoms with Crippen LogP contribution in [-0.2, 0) is 15.7 Å². The van der Waals surface area contributed by atoms with E-state index in [2.05, 4.69) is 10.6 Å². The molecule has 1 atom stereocenters. The summed E-state index contributed by atoms with van der Waals surface area (Å²) in [6.45, 7) is 3.57. The Morgan fingerprint density at radius 3 is 2.48 bits per heavy atom. The van der Waals surface area contributed by atoms with Crippen molar-refractivity contribution in [3.8, 4) is 0 Å². The van der Waals surface area contributed by atoms with E-state index in [4.69, 9.17) is 4.74 Å². The first-order chi connectivity index (χ1) is 12.7. The van der Waals surface area contributed by atoms with Crippen LogP contribution >= 0.6 is 0 Å². The molecule has 2 aromatic carbocycles. The molecule has 5 nitrogen and oxygen atoms in total. The molecule has 0 aromatic heterocycles. The first-order valence-electron chi connectivity index (χ1n) is 8.24. The summed E-state index contributed by atoms with van der Waals surface area (Å²) in [7, 11) is 0. The van der Waals surface area contributed by atoms with Crippen molar-refractivity contribution in [2.24, 2.45) is 0 Å². The van der Waals surface area contributed by atoms with Gasteiger partial charge >= 0.3 is 12.1 Å². The lowest BCUT2D eigenvalue weighted by atomic mass is 10.1. The van der Waals surface area contributed by atoms with Crippen molar-refractivity contribution in [2.75, 3.05) is 11.9 Å². The molecule has 0 fully saturated rings. The zero-order chi connectivity index (χ0) is 20.0. The smallest absolute Gasteiger partial charge is 0.416 e. The summed E-state index contributed by atoms with van der Waals surface area (Å²) >= 11 is 0. The summed E-state index contributed by atoms with van der Waals surface area (Å²) < 4.78 is 43.7. The second-order valence-electron chi connectivity index (χ2n) is 5.69. The van der Waals surface area contributed by atoms with Crippen molar-refractivity contribution < 1.29 is 27.5 Å². The van der Waals surface area contributed by atoms with Gasteiger partial charge in [0.1, 0.15) is 0 Å². The van der Waals surface area contributed by atoms with Crippen molar-refractivity contribution in [2.45, 2.75) is 26.1 Å². The van der Waals surface area contributed by atoms with Crippen molar-refractivity contribution in [1.82, 2.24) is 5.32 Å². The van der Waals surface area contributed by atoms with E-state index in [0.29, 0.717) is 6.54 Å². The SMILES string of the molecule is CCNC(=O)C(C)OC(=O)c1ccccc1Nc1cccc(C(F)(F)F)c1. The van der Waals surface area contributed by atoms with Crippen molar-refractivity contribution >= 4 is 23.3 Å². The van der Waals surface area contributed by atoms with Crippen molar-refractivity contribution in [1.29, 1.82) is 0 Å². The van der Waals surface area contributed by atoms with Gasteiger partial charge in [-0.15, -0.1) is 0 Å². The Hall–Kier alpha value is -3.03. The number of anilines is 2. The number of amides is 1. The second-order valence-corrected chi connectivity index (χ2v) is 5.69. The van der Waals surface area contributed by atoms with Gasteiger partial charge in [0.2, 0.25) is 0 Å². The Kier molecular flexibility index (Phi) is 6.44. The third-order valence-electron chi connectivity index (χ3n) is 3.62. The maximum absolute atomic E-state index is 12.9. The highest BCUT2D eigenvalue weighted by atomic mass is 19.4. The zero-order valence-electron chi connectivity index (χ0n) is 14.8. The number of hydrogen-bond acceptors (Lipinski definition) is 4. The monoisotopic (exact) mass is 380 g/mol. The molecule has 0 aliphatic heterocycles. The first-order valence-corrected chi connectivity index (χ1v) is 8.24. The molecule has 1 unspecified atom stereocenters. The van der Waals surface area contributed by atoms with Crippen molar-refractivity contribution in [3.05, 3.63) is 59.7 Å². The van der Waals surface area contributed by atoms with Gasteiger partial charge in [-0.25, -0.2) is 4.79 Å². The molecule has 0 spiro atoms. The summed E-state index contributed by atoms with van der Waals surface area (Å²) in [5, 5.41) is 5.33. The van der Waals surface area contributed by atoms with Gasteiger partial charge in [-0.05, 0) is 44.2 Å². The van der Waals surface area contributed by atoms with E-state index in [9.17, 15) is 22.8 Å². The minimum atomic E-state index is -4.47. The Bertz CT molecular complexity index is 822. The maximum Gasteiger partial charge on any atom is 0.416 e. The van der Waals surface area contributed by atoms with E-state index in [1.165, 1.54) is 31.2 Å². The fraction of sp³-hybridized carbons (Fsp3) is 0.263. The van der Waals surface area contributed by atoms with Crippen LogP contribution in [0.25, 0.3) is 0 Å². The number of halogens is 3. The summed E-state index contributed by atoms with van der Waals surface area (Å²) in [6, 6.07) is 10.8. The average Bonchev–Trinajstić information content (AvgIpc) is 2.61. The number of esters is 1. The molecular weight excluding hydrogens is 361 g/mol. The van der Waals surface area contributed by atoms with Crippen LogP contribution in [0.4, 0.5) is 24.5 Å². The Morgan fingerprint density at radius 1 is 1.11 bits per heavy atom. The summed E-state index contributed by atoms with van der Waals surface area (Å²) in [6.07, 6.45) is -5.47. The molecule has 0 aliphatic carbocycles. The summed E-state index contributed by atoms with van der Waals surface area (Å²) in [5.41, 5.74) is -0.268. The van der Waals surface area contributed by atoms with Gasteiger partial charge in [0.15, 0.2) is 6.10 Å². The minimum Gasteiger partial charge on any atom is -0.449 e. The van der Waals surface area contributed by atoms with Crippen LogP contribution in [0, 0.1) is 0 Å². The van der Waals surface area contributed by atoms with Gasteiger partial charge in [-0.3, -0.25) is 4.79 Å². The van der Waals surface area contributed by atoms with Crippen LogP contribution in [-0.4, -0.2) is 24.5 Å². The maximum atomic E-state index is 12.9. The molecule has 144 valence electrons. The molecule has 0 radical (unpaired) electrons. The third-order valence-corrected chi connectivity index (χ3v) is 3.62. The fourth-order valence-corrected chi connectivity index (χ4v) is 2.29. The molecule has 2 N–H and O–H groups in total. The molecule has 0 aliphatic rings. The highest BCUT2D eigenvalue weighted by Gasteiger charge is 2.30. The Morgan fingerprint density at radius 2 is 1.81 bits per heavy atom. The molecule has 0 bridgehead atoms. The highest BCUT2D eigenvalue weighted by molar-refractivity contribution is 5.98. The van der Waals surface area contributed by atoms with Crippen molar-refractivity contribution in [3.63, 3.8) is 0 Å². The fourth-order valence-electron chi connectivity index (χ4n) is 2.29. The molecule has 1 amide bonds. The third kappa shape index (κ3) is 5.47. The summed E-state index contributed by atoms with van der Waals surface area (Å²) in [5.74, 6) is -1.20. The Labute approximate surface area is 154 Å². The molecule has 8 heteroatoms. The lowest BCUT2D eigenvalue weighted by Crippen LogP contribution is -2.35. The van der Waals surface area contributed by atoms with Gasteiger partial charge in [-0.2, -0.15) is 13.2 Å². The highest BCUT2D eigenvalue weighted by Crippen LogP contribution is 2.32. The van der Waals surface area contributed by atoms with Crippen LogP contribution in [0.3, 0.4) is 0 Å². The molecule has 27 heavy (non-hydrogen) atoms. The second kappa shape index (κ2) is 8.57. The summed E-state index contributed by atoms with van der Waals surface area (Å²) in [4.78, 5) is 24.1. The van der Waals surface area contributed by atoms with E-state index in [1.807, 2.05) is 0 Å². The number of likely N-dealkylation sites (N-methyl/N-ethyl adjacent to an activating group) is 1. The Balaban J connectivity index is 2.21. The van der Waals surface area contributed by atoms with Crippen LogP contribution in [0.1, 0.15) is 29.8 Å². The van der Waals surface area contributed by atoms with E-state index < -0.39 is 29.7 Å². The lowest BCUT2D eigenvalue weighted by Gasteiger charge is -2.16. The van der Waals surface area contributed by atoms with Crippen LogP contribution in [0.2, 0.25) is 0 Å². The predicted octanol–water partition coefficient (Wildman–Crippen LogP) is 4.13. The van der Waals surface area contributed by atoms with Gasteiger partial charge in [0.05, 0.1) is 16.8 Å². The van der Waals surface area contributed by atoms with Crippen LogP contribution in [0.15, 0.2) is 48.5 Å². The van der Waals surface area contributed by atoms with Gasteiger partial charge in [0, 0.05) is 12.2 Å². The molecule has 2 aromatic rings.